The van der Waals surface area contributed by atoms with Gasteiger partial charge in [0.1, 0.15) is 5.82 Å². The molecule has 0 radical (unpaired) electrons. The first kappa shape index (κ1) is 20.7. The number of hydrogen-bond acceptors (Lipinski definition) is 3. The van der Waals surface area contributed by atoms with E-state index < -0.39 is 6.04 Å². The van der Waals surface area contributed by atoms with Crippen molar-refractivity contribution in [3.63, 3.8) is 0 Å². The minimum atomic E-state index is -0.454. The van der Waals surface area contributed by atoms with Crippen LogP contribution in [-0.2, 0) is 18.4 Å². The van der Waals surface area contributed by atoms with E-state index in [1.807, 2.05) is 35.9 Å². The molecule has 0 aliphatic rings. The molecular weight excluding hydrogens is 323 g/mol. The second-order valence-corrected chi connectivity index (χ2v) is 5.53. The lowest BCUT2D eigenvalue weighted by atomic mass is 10.0. The normalized spacial score (nSPS) is 11.7. The summed E-state index contributed by atoms with van der Waals surface area (Å²) in [5.41, 5.74) is 7.85. The molecule has 22 heavy (non-hydrogen) atoms. The predicted molar refractivity (Wildman–Crippen MR) is 94.5 cm³/mol. The predicted octanol–water partition coefficient (Wildman–Crippen LogP) is 2.41. The number of rotatable bonds is 5. The molecule has 1 aromatic carbocycles. The van der Waals surface area contributed by atoms with Gasteiger partial charge >= 0.3 is 0 Å². The summed E-state index contributed by atoms with van der Waals surface area (Å²) in [5.74, 6) is 1.12. The summed E-state index contributed by atoms with van der Waals surface area (Å²) in [6, 6.07) is 7.45. The van der Waals surface area contributed by atoms with E-state index in [2.05, 4.69) is 24.1 Å². The van der Waals surface area contributed by atoms with Crippen LogP contribution in [0.4, 0.5) is 0 Å². The zero-order chi connectivity index (χ0) is 14.7. The van der Waals surface area contributed by atoms with Crippen LogP contribution in [0, 0.1) is 5.92 Å². The molecule has 2 aromatic rings. The van der Waals surface area contributed by atoms with Crippen LogP contribution >= 0.6 is 24.8 Å². The van der Waals surface area contributed by atoms with E-state index in [1.54, 1.807) is 0 Å². The standard InChI is InChI=1S/C15H22N4O.2ClH/c1-10(2)8-11(16)15(20)17-9-14-18-12-6-4-5-7-13(12)19(14)3;;/h4-7,10-11H,8-9,16H2,1-3H3,(H,17,20);2*1H/t11-;;/m0../s1. The lowest BCUT2D eigenvalue weighted by molar-refractivity contribution is -0.122. The molecule has 0 fully saturated rings. The Morgan fingerprint density at radius 2 is 1.95 bits per heavy atom. The summed E-state index contributed by atoms with van der Waals surface area (Å²) in [5, 5.41) is 2.86. The third kappa shape index (κ3) is 4.87. The Hall–Kier alpha value is -1.30. The molecule has 1 aromatic heterocycles. The van der Waals surface area contributed by atoms with Crippen LogP contribution in [-0.4, -0.2) is 21.5 Å². The number of aryl methyl sites for hydroxylation is 1. The Balaban J connectivity index is 0.00000220. The van der Waals surface area contributed by atoms with Gasteiger partial charge in [0.25, 0.3) is 0 Å². The molecule has 0 unspecified atom stereocenters. The van der Waals surface area contributed by atoms with Crippen LogP contribution in [0.1, 0.15) is 26.1 Å². The van der Waals surface area contributed by atoms with Crippen molar-refractivity contribution in [2.45, 2.75) is 32.9 Å². The lowest BCUT2D eigenvalue weighted by Gasteiger charge is -2.14. The Morgan fingerprint density at radius 3 is 2.55 bits per heavy atom. The number of carbonyl (C=O) groups is 1. The SMILES string of the molecule is CC(C)C[C@H](N)C(=O)NCc1nc2ccccc2n1C.Cl.Cl. The number of nitrogens with zero attached hydrogens (tertiary/aromatic N) is 2. The van der Waals surface area contributed by atoms with Crippen LogP contribution in [0.3, 0.4) is 0 Å². The highest BCUT2D eigenvalue weighted by molar-refractivity contribution is 5.85. The van der Waals surface area contributed by atoms with Gasteiger partial charge in [0, 0.05) is 7.05 Å². The molecular formula is C15H24Cl2N4O. The highest BCUT2D eigenvalue weighted by Gasteiger charge is 2.15. The topological polar surface area (TPSA) is 72.9 Å². The summed E-state index contributed by atoms with van der Waals surface area (Å²) in [6.07, 6.45) is 0.689. The maximum Gasteiger partial charge on any atom is 0.237 e. The molecule has 0 aliphatic carbocycles. The molecule has 5 nitrogen and oxygen atoms in total. The van der Waals surface area contributed by atoms with Crippen LogP contribution < -0.4 is 11.1 Å². The maximum absolute atomic E-state index is 11.9. The number of imidazole rings is 1. The summed E-state index contributed by atoms with van der Waals surface area (Å²) in [7, 11) is 1.95. The summed E-state index contributed by atoms with van der Waals surface area (Å²) < 4.78 is 1.99. The first-order valence-electron chi connectivity index (χ1n) is 6.92. The lowest BCUT2D eigenvalue weighted by Crippen LogP contribution is -2.41. The number of benzene rings is 1. The highest BCUT2D eigenvalue weighted by atomic mass is 35.5. The van der Waals surface area contributed by atoms with Crippen molar-refractivity contribution in [1.29, 1.82) is 0 Å². The monoisotopic (exact) mass is 346 g/mol. The van der Waals surface area contributed by atoms with Crippen LogP contribution in [0.5, 0.6) is 0 Å². The summed E-state index contributed by atoms with van der Waals surface area (Å²) >= 11 is 0. The van der Waals surface area contributed by atoms with Gasteiger partial charge in [0.15, 0.2) is 0 Å². The number of aromatic nitrogens is 2. The third-order valence-electron chi connectivity index (χ3n) is 3.36. The second-order valence-electron chi connectivity index (χ2n) is 5.53. The smallest absolute Gasteiger partial charge is 0.237 e. The number of amides is 1. The summed E-state index contributed by atoms with van der Waals surface area (Å²) in [6.45, 7) is 4.51. The minimum absolute atomic E-state index is 0. The molecule has 2 rings (SSSR count). The average Bonchev–Trinajstić information content (AvgIpc) is 2.72. The molecule has 1 atom stereocenters. The van der Waals surface area contributed by atoms with Gasteiger partial charge in [-0.3, -0.25) is 4.79 Å². The zero-order valence-corrected chi connectivity index (χ0v) is 14.7. The molecule has 3 N–H and O–H groups in total. The number of halogens is 2. The molecule has 1 heterocycles. The van der Waals surface area contributed by atoms with Crippen LogP contribution in [0.15, 0.2) is 24.3 Å². The first-order chi connectivity index (χ1) is 9.49. The largest absolute Gasteiger partial charge is 0.348 e. The number of hydrogen-bond donors (Lipinski definition) is 2. The Bertz CT molecular complexity index is 613. The summed E-state index contributed by atoms with van der Waals surface area (Å²) in [4.78, 5) is 16.4. The number of nitrogens with one attached hydrogen (secondary N) is 1. The number of carbonyl (C=O) groups excluding carboxylic acids is 1. The van der Waals surface area contributed by atoms with Crippen molar-refractivity contribution in [2.24, 2.45) is 18.7 Å². The van der Waals surface area contributed by atoms with Gasteiger partial charge in [-0.05, 0) is 24.5 Å². The van der Waals surface area contributed by atoms with Crippen molar-refractivity contribution in [1.82, 2.24) is 14.9 Å². The molecule has 0 bridgehead atoms. The maximum atomic E-state index is 11.9. The molecule has 0 aliphatic heterocycles. The molecule has 0 saturated carbocycles. The number of para-hydroxylation sites is 2. The fourth-order valence-electron chi connectivity index (χ4n) is 2.27. The van der Waals surface area contributed by atoms with Gasteiger partial charge in [0.05, 0.1) is 23.6 Å². The van der Waals surface area contributed by atoms with E-state index >= 15 is 0 Å². The van der Waals surface area contributed by atoms with Gasteiger partial charge in [0.2, 0.25) is 5.91 Å². The van der Waals surface area contributed by atoms with Gasteiger partial charge in [-0.25, -0.2) is 4.98 Å². The molecule has 0 saturated heterocycles. The van der Waals surface area contributed by atoms with E-state index in [0.717, 1.165) is 16.9 Å². The van der Waals surface area contributed by atoms with Gasteiger partial charge in [-0.1, -0.05) is 26.0 Å². The first-order valence-corrected chi connectivity index (χ1v) is 6.92. The Labute approximate surface area is 143 Å². The van der Waals surface area contributed by atoms with Crippen LogP contribution in [0.25, 0.3) is 11.0 Å². The minimum Gasteiger partial charge on any atom is -0.348 e. The number of nitrogens with two attached hydrogens (primary N) is 1. The van der Waals surface area contributed by atoms with E-state index in [9.17, 15) is 4.79 Å². The van der Waals surface area contributed by atoms with E-state index in [4.69, 9.17) is 5.73 Å². The molecule has 1 amide bonds. The molecule has 7 heteroatoms. The molecule has 124 valence electrons. The average molecular weight is 347 g/mol. The van der Waals surface area contributed by atoms with Gasteiger partial charge in [-0.2, -0.15) is 0 Å². The zero-order valence-electron chi connectivity index (χ0n) is 13.1. The van der Waals surface area contributed by atoms with E-state index in [-0.39, 0.29) is 30.7 Å². The van der Waals surface area contributed by atoms with Crippen molar-refractivity contribution in [3.8, 4) is 0 Å². The van der Waals surface area contributed by atoms with E-state index in [1.165, 1.54) is 0 Å². The van der Waals surface area contributed by atoms with Crippen LogP contribution in [0.2, 0.25) is 0 Å². The van der Waals surface area contributed by atoms with Crippen molar-refractivity contribution in [3.05, 3.63) is 30.1 Å². The third-order valence-corrected chi connectivity index (χ3v) is 3.36. The molecule has 0 spiro atoms. The van der Waals surface area contributed by atoms with Crippen molar-refractivity contribution < 1.29 is 4.79 Å². The van der Waals surface area contributed by atoms with E-state index in [0.29, 0.717) is 18.9 Å². The quantitative estimate of drug-likeness (QED) is 0.872. The van der Waals surface area contributed by atoms with Crippen molar-refractivity contribution >= 4 is 41.8 Å². The highest BCUT2D eigenvalue weighted by Crippen LogP contribution is 2.14. The fraction of sp³-hybridized carbons (Fsp3) is 0.467. The second kappa shape index (κ2) is 8.98. The Kier molecular flexibility index (Phi) is 8.45. The van der Waals surface area contributed by atoms with Gasteiger partial charge < -0.3 is 15.6 Å². The number of fused-ring (bicyclic) bond motifs is 1. The fourth-order valence-corrected chi connectivity index (χ4v) is 2.27. The van der Waals surface area contributed by atoms with Crippen molar-refractivity contribution in [2.75, 3.05) is 0 Å². The van der Waals surface area contributed by atoms with Gasteiger partial charge in [-0.15, -0.1) is 24.8 Å². The Morgan fingerprint density at radius 1 is 1.32 bits per heavy atom.